The van der Waals surface area contributed by atoms with Crippen LogP contribution in [0, 0.1) is 12.7 Å². The first kappa shape index (κ1) is 41.7. The van der Waals surface area contributed by atoms with E-state index in [0.29, 0.717) is 70.8 Å². The van der Waals surface area contributed by atoms with Crippen molar-refractivity contribution in [2.24, 2.45) is 12.8 Å². The van der Waals surface area contributed by atoms with Crippen molar-refractivity contribution in [3.8, 4) is 11.1 Å². The number of amides is 1. The lowest BCUT2D eigenvalue weighted by Gasteiger charge is -2.48. The molecule has 14 nitrogen and oxygen atoms in total. The normalized spacial score (nSPS) is 20.2. The van der Waals surface area contributed by atoms with E-state index in [-0.39, 0.29) is 41.2 Å². The van der Waals surface area contributed by atoms with Crippen LogP contribution in [0.4, 0.5) is 15.1 Å². The number of hydrogen-bond donors (Lipinski definition) is 2. The third kappa shape index (κ3) is 7.31. The summed E-state index contributed by atoms with van der Waals surface area (Å²) in [6.45, 7) is 8.39. The number of pyridine rings is 1. The van der Waals surface area contributed by atoms with Gasteiger partial charge >= 0.3 is 6.09 Å². The van der Waals surface area contributed by atoms with Crippen LogP contribution in [0.3, 0.4) is 0 Å². The van der Waals surface area contributed by atoms with Gasteiger partial charge in [-0.25, -0.2) is 31.5 Å². The summed E-state index contributed by atoms with van der Waals surface area (Å²) in [4.78, 5) is 42.3. The second kappa shape index (κ2) is 15.9. The molecule has 6 aromatic rings. The Balaban J connectivity index is 1.16. The minimum atomic E-state index is -4.12. The highest BCUT2D eigenvalue weighted by molar-refractivity contribution is 7.90. The van der Waals surface area contributed by atoms with E-state index in [1.165, 1.54) is 39.9 Å². The van der Waals surface area contributed by atoms with Crippen molar-refractivity contribution in [3.63, 3.8) is 0 Å². The second-order valence-corrected chi connectivity index (χ2v) is 19.0. The highest BCUT2D eigenvalue weighted by Crippen LogP contribution is 2.43. The number of rotatable bonds is 10. The van der Waals surface area contributed by atoms with Crippen LogP contribution < -0.4 is 16.2 Å². The molecule has 0 bridgehead atoms. The van der Waals surface area contributed by atoms with E-state index in [9.17, 15) is 27.5 Å². The summed E-state index contributed by atoms with van der Waals surface area (Å²) in [7, 11) is -2.52. The number of benzene rings is 3. The molecule has 3 aromatic heterocycles. The van der Waals surface area contributed by atoms with Gasteiger partial charge in [0, 0.05) is 86.6 Å². The number of carbonyl (C=O) groups is 1. The number of ether oxygens (including phenoxy) is 1. The molecule has 2 aliphatic heterocycles. The maximum absolute atomic E-state index is 14.5. The number of anilines is 1. The third-order valence-electron chi connectivity index (χ3n) is 12.9. The van der Waals surface area contributed by atoms with Crippen LogP contribution in [0.1, 0.15) is 56.4 Å². The van der Waals surface area contributed by atoms with E-state index >= 15 is 0 Å². The molecule has 9 rings (SSSR count). The van der Waals surface area contributed by atoms with Gasteiger partial charge < -0.3 is 29.9 Å². The van der Waals surface area contributed by atoms with E-state index in [1.54, 1.807) is 43.6 Å². The van der Waals surface area contributed by atoms with Crippen LogP contribution in [-0.2, 0) is 27.4 Å². The van der Waals surface area contributed by atoms with E-state index < -0.39 is 33.1 Å². The van der Waals surface area contributed by atoms with Crippen LogP contribution in [0.5, 0.6) is 0 Å². The fourth-order valence-corrected chi connectivity index (χ4v) is 10.7. The number of carboxylic acid groups (broad SMARTS) is 1. The van der Waals surface area contributed by atoms with Gasteiger partial charge in [-0.15, -0.1) is 0 Å². The number of nitrogens with zero attached hydrogens (tertiary/aromatic N) is 7. The second-order valence-electron chi connectivity index (χ2n) is 17.2. The zero-order valence-electron chi connectivity index (χ0n) is 35.2. The standard InChI is InChI=1S/C46H51FN8O6S/c1-28-5-14-36(15-6-28)62(59,60)55-22-19-37-39(26-51(4)43(56)41(37)55)31-7-16-40-38(23-31)42(46(27-48,61-35-12-13-35)32-8-10-33(47)11-9-32)50-44(49-40)52-20-17-34(18-21-52)53-24-30(3)54(45(57)58)25-29(53)2/h5-11,14-16,19,22-23,26,29-30,34-35H,12-13,17-18,20-21,24-25,27,48H2,1-4H3,(H,57,58)/t29-,30+,46?/m0/s1. The van der Waals surface area contributed by atoms with Gasteiger partial charge in [0.15, 0.2) is 0 Å². The molecule has 3 fully saturated rings. The summed E-state index contributed by atoms with van der Waals surface area (Å²) in [5.74, 6) is 0.116. The summed E-state index contributed by atoms with van der Waals surface area (Å²) in [5, 5.41) is 10.8. The van der Waals surface area contributed by atoms with Gasteiger partial charge in [0.2, 0.25) is 5.95 Å². The fraction of sp³-hybridized carbons (Fsp3) is 0.391. The first-order chi connectivity index (χ1) is 29.7. The molecule has 324 valence electrons. The molecule has 0 radical (unpaired) electrons. The van der Waals surface area contributed by atoms with Gasteiger partial charge in [-0.05, 0) is 100 Å². The largest absolute Gasteiger partial charge is 0.465 e. The van der Waals surface area contributed by atoms with Crippen molar-refractivity contribution in [2.75, 3.05) is 37.6 Å². The van der Waals surface area contributed by atoms with Gasteiger partial charge in [-0.1, -0.05) is 35.9 Å². The molecule has 0 spiro atoms. The maximum Gasteiger partial charge on any atom is 0.407 e. The zero-order valence-corrected chi connectivity index (χ0v) is 36.1. The van der Waals surface area contributed by atoms with Crippen molar-refractivity contribution in [1.82, 2.24) is 28.3 Å². The molecule has 16 heteroatoms. The van der Waals surface area contributed by atoms with E-state index in [2.05, 4.69) is 16.7 Å². The Morgan fingerprint density at radius 3 is 2.31 bits per heavy atom. The van der Waals surface area contributed by atoms with Crippen LogP contribution in [0.2, 0.25) is 0 Å². The van der Waals surface area contributed by atoms with Gasteiger partial charge in [0.1, 0.15) is 16.9 Å². The third-order valence-corrected chi connectivity index (χ3v) is 14.6. The Kier molecular flexibility index (Phi) is 10.7. The Bertz CT molecular complexity index is 2860. The summed E-state index contributed by atoms with van der Waals surface area (Å²) in [6.07, 6.45) is 5.50. The molecular formula is C46H51FN8O6S. The number of aryl methyl sites for hydroxylation is 2. The molecule has 1 aliphatic carbocycles. The molecule has 1 saturated carbocycles. The van der Waals surface area contributed by atoms with Gasteiger partial charge in [0.25, 0.3) is 15.6 Å². The highest BCUT2D eigenvalue weighted by Gasteiger charge is 2.44. The van der Waals surface area contributed by atoms with Crippen molar-refractivity contribution in [1.29, 1.82) is 0 Å². The quantitative estimate of drug-likeness (QED) is 0.164. The minimum absolute atomic E-state index is 0.00478. The molecule has 5 heterocycles. The molecule has 3 N–H and O–H groups in total. The van der Waals surface area contributed by atoms with Gasteiger partial charge in [-0.3, -0.25) is 9.69 Å². The Morgan fingerprint density at radius 2 is 1.65 bits per heavy atom. The predicted molar refractivity (Wildman–Crippen MR) is 235 cm³/mol. The summed E-state index contributed by atoms with van der Waals surface area (Å²) in [5.41, 5.74) is 9.06. The number of hydrogen-bond acceptors (Lipinski definition) is 10. The molecule has 3 atom stereocenters. The van der Waals surface area contributed by atoms with Crippen molar-refractivity contribution < 1.29 is 27.4 Å². The number of aromatic nitrogens is 4. The number of halogens is 1. The molecular weight excluding hydrogens is 812 g/mol. The number of nitrogens with two attached hydrogens (primary N) is 1. The maximum atomic E-state index is 14.5. The van der Waals surface area contributed by atoms with Crippen LogP contribution in [0.15, 0.2) is 94.9 Å². The first-order valence-corrected chi connectivity index (χ1v) is 22.6. The lowest BCUT2D eigenvalue weighted by atomic mass is 9.86. The van der Waals surface area contributed by atoms with Crippen LogP contribution in [-0.4, -0.2) is 105 Å². The van der Waals surface area contributed by atoms with Crippen LogP contribution in [0.25, 0.3) is 32.9 Å². The Hall–Kier alpha value is -5.68. The van der Waals surface area contributed by atoms with Gasteiger partial charge in [-0.2, -0.15) is 0 Å². The lowest BCUT2D eigenvalue weighted by molar-refractivity contribution is -0.0259. The minimum Gasteiger partial charge on any atom is -0.465 e. The number of fused-ring (bicyclic) bond motifs is 2. The number of piperidine rings is 1. The summed E-state index contributed by atoms with van der Waals surface area (Å²) in [6, 6.07) is 20.3. The van der Waals surface area contributed by atoms with Crippen molar-refractivity contribution in [2.45, 2.75) is 81.2 Å². The van der Waals surface area contributed by atoms with Crippen molar-refractivity contribution in [3.05, 3.63) is 118 Å². The molecule has 2 saturated heterocycles. The first-order valence-electron chi connectivity index (χ1n) is 21.2. The smallest absolute Gasteiger partial charge is 0.407 e. The molecule has 62 heavy (non-hydrogen) atoms. The summed E-state index contributed by atoms with van der Waals surface area (Å²) >= 11 is 0. The lowest BCUT2D eigenvalue weighted by Crippen LogP contribution is -2.61. The van der Waals surface area contributed by atoms with Gasteiger partial charge in [0.05, 0.1) is 22.2 Å². The van der Waals surface area contributed by atoms with Crippen molar-refractivity contribution >= 4 is 43.9 Å². The molecule has 3 aromatic carbocycles. The van der Waals surface area contributed by atoms with E-state index in [0.717, 1.165) is 35.2 Å². The SMILES string of the molecule is Cc1ccc(S(=O)(=O)n2ccc3c(-c4ccc5nc(N6CCC(N7C[C@@H](C)N(C(=O)O)C[C@@H]7C)CC6)nc(C(CN)(OC6CC6)c6ccc(F)cc6)c5c4)cn(C)c(=O)c32)cc1. The highest BCUT2D eigenvalue weighted by atomic mass is 32.2. The molecule has 1 unspecified atom stereocenters. The predicted octanol–water partition coefficient (Wildman–Crippen LogP) is 6.06. The average molecular weight is 863 g/mol. The Morgan fingerprint density at radius 1 is 0.935 bits per heavy atom. The molecule has 1 amide bonds. The summed E-state index contributed by atoms with van der Waals surface area (Å²) < 4.78 is 51.8. The Labute approximate surface area is 359 Å². The monoisotopic (exact) mass is 862 g/mol. The molecule has 3 aliphatic rings. The van der Waals surface area contributed by atoms with E-state index in [4.69, 9.17) is 20.4 Å². The van der Waals surface area contributed by atoms with Crippen LogP contribution >= 0.6 is 0 Å². The number of piperazine rings is 1. The zero-order chi connectivity index (χ0) is 43.7. The van der Waals surface area contributed by atoms with E-state index in [1.807, 2.05) is 32.0 Å². The fourth-order valence-electron chi connectivity index (χ4n) is 9.36. The average Bonchev–Trinajstić information content (AvgIpc) is 3.97. The topological polar surface area (TPSA) is 169 Å².